The van der Waals surface area contributed by atoms with Gasteiger partial charge in [-0.2, -0.15) is 15.0 Å². The average Bonchev–Trinajstić information content (AvgIpc) is 2.89. The number of rotatable bonds is 6. The van der Waals surface area contributed by atoms with E-state index in [9.17, 15) is 0 Å². The molecule has 1 unspecified atom stereocenters. The summed E-state index contributed by atoms with van der Waals surface area (Å²) in [6, 6.07) is 0.642. The summed E-state index contributed by atoms with van der Waals surface area (Å²) in [6.45, 7) is 4.78. The molecule has 0 saturated heterocycles. The Morgan fingerprint density at radius 3 is 2.74 bits per heavy atom. The van der Waals surface area contributed by atoms with E-state index in [1.807, 2.05) is 6.92 Å². The number of nitrogens with zero attached hydrogens (tertiary/aromatic N) is 3. The predicted molar refractivity (Wildman–Crippen MR) is 75.7 cm³/mol. The van der Waals surface area contributed by atoms with E-state index in [1.165, 1.54) is 25.7 Å². The molecule has 1 aromatic heterocycles. The molecule has 1 atom stereocenters. The molecule has 1 aliphatic rings. The normalized spacial score (nSPS) is 17.4. The molecule has 0 radical (unpaired) electrons. The van der Waals surface area contributed by atoms with Gasteiger partial charge in [0.15, 0.2) is 0 Å². The van der Waals surface area contributed by atoms with Crippen molar-refractivity contribution in [3.05, 3.63) is 5.28 Å². The second-order valence-electron chi connectivity index (χ2n) is 5.04. The van der Waals surface area contributed by atoms with Gasteiger partial charge >= 0.3 is 6.01 Å². The summed E-state index contributed by atoms with van der Waals surface area (Å²) in [4.78, 5) is 12.3. The zero-order valence-electron chi connectivity index (χ0n) is 11.5. The van der Waals surface area contributed by atoms with Crippen LogP contribution in [-0.4, -0.2) is 27.6 Å². The molecule has 0 bridgehead atoms. The molecule has 1 fully saturated rings. The van der Waals surface area contributed by atoms with E-state index in [0.717, 1.165) is 6.42 Å². The van der Waals surface area contributed by atoms with Crippen molar-refractivity contribution < 1.29 is 4.74 Å². The first kappa shape index (κ1) is 14.3. The Balaban J connectivity index is 2.00. The maximum Gasteiger partial charge on any atom is 0.322 e. The van der Waals surface area contributed by atoms with Gasteiger partial charge < -0.3 is 10.1 Å². The Morgan fingerprint density at radius 2 is 2.05 bits per heavy atom. The fourth-order valence-electron chi connectivity index (χ4n) is 2.43. The van der Waals surface area contributed by atoms with Gasteiger partial charge in [0.1, 0.15) is 0 Å². The van der Waals surface area contributed by atoms with Gasteiger partial charge in [-0.05, 0) is 43.7 Å². The second kappa shape index (κ2) is 6.89. The van der Waals surface area contributed by atoms with E-state index >= 15 is 0 Å². The lowest BCUT2D eigenvalue weighted by molar-refractivity contribution is 0.291. The molecule has 19 heavy (non-hydrogen) atoms. The van der Waals surface area contributed by atoms with Gasteiger partial charge in [-0.1, -0.05) is 19.8 Å². The summed E-state index contributed by atoms with van der Waals surface area (Å²) in [5.74, 6) is 1.20. The molecule has 1 saturated carbocycles. The van der Waals surface area contributed by atoms with Crippen LogP contribution in [0, 0.1) is 5.92 Å². The first-order chi connectivity index (χ1) is 9.19. The van der Waals surface area contributed by atoms with Crippen LogP contribution in [0.25, 0.3) is 0 Å². The van der Waals surface area contributed by atoms with E-state index in [1.54, 1.807) is 0 Å². The topological polar surface area (TPSA) is 59.9 Å². The Bertz CT molecular complexity index is 410. The largest absolute Gasteiger partial charge is 0.463 e. The van der Waals surface area contributed by atoms with Crippen molar-refractivity contribution in [2.24, 2.45) is 5.92 Å². The zero-order chi connectivity index (χ0) is 13.7. The summed E-state index contributed by atoms with van der Waals surface area (Å²) in [6.07, 6.45) is 6.09. The number of aromatic nitrogens is 3. The molecule has 0 aromatic carbocycles. The Kier molecular flexibility index (Phi) is 5.19. The number of hydrogen-bond donors (Lipinski definition) is 1. The van der Waals surface area contributed by atoms with Gasteiger partial charge in [0.25, 0.3) is 0 Å². The standard InChI is InChI=1S/C13H21ClN4O/c1-3-8-19-13-17-11(14)16-12(18-13)15-9(2)10-6-4-5-7-10/h9-10H,3-8H2,1-2H3,(H,15,16,17,18). The van der Waals surface area contributed by atoms with Gasteiger partial charge in [-0.15, -0.1) is 0 Å². The van der Waals surface area contributed by atoms with Gasteiger partial charge in [-0.25, -0.2) is 0 Å². The van der Waals surface area contributed by atoms with Crippen molar-refractivity contribution >= 4 is 17.5 Å². The molecular formula is C13H21ClN4O. The number of anilines is 1. The van der Waals surface area contributed by atoms with Crippen molar-refractivity contribution in [3.63, 3.8) is 0 Å². The molecule has 5 nitrogen and oxygen atoms in total. The minimum absolute atomic E-state index is 0.169. The molecule has 1 aromatic rings. The predicted octanol–water partition coefficient (Wildman–Crippen LogP) is 3.30. The second-order valence-corrected chi connectivity index (χ2v) is 5.37. The molecule has 0 aliphatic heterocycles. The van der Waals surface area contributed by atoms with Crippen LogP contribution in [0.2, 0.25) is 5.28 Å². The van der Waals surface area contributed by atoms with Gasteiger partial charge in [0.05, 0.1) is 6.61 Å². The summed E-state index contributed by atoms with van der Waals surface area (Å²) >= 11 is 5.89. The minimum Gasteiger partial charge on any atom is -0.463 e. The molecule has 1 N–H and O–H groups in total. The summed E-state index contributed by atoms with van der Waals surface area (Å²) in [5, 5.41) is 3.48. The zero-order valence-corrected chi connectivity index (χ0v) is 12.3. The van der Waals surface area contributed by atoms with Crippen LogP contribution in [0.3, 0.4) is 0 Å². The van der Waals surface area contributed by atoms with E-state index < -0.39 is 0 Å². The Morgan fingerprint density at radius 1 is 1.32 bits per heavy atom. The molecule has 1 heterocycles. The first-order valence-corrected chi connectivity index (χ1v) is 7.37. The Hall–Kier alpha value is -1.10. The lowest BCUT2D eigenvalue weighted by Crippen LogP contribution is -2.25. The summed E-state index contributed by atoms with van der Waals surface area (Å²) in [5.41, 5.74) is 0. The number of ether oxygens (including phenoxy) is 1. The quantitative estimate of drug-likeness (QED) is 0.868. The lowest BCUT2D eigenvalue weighted by Gasteiger charge is -2.20. The molecule has 2 rings (SSSR count). The summed E-state index contributed by atoms with van der Waals surface area (Å²) < 4.78 is 5.40. The van der Waals surface area contributed by atoms with E-state index in [4.69, 9.17) is 16.3 Å². The van der Waals surface area contributed by atoms with Crippen LogP contribution < -0.4 is 10.1 Å². The van der Waals surface area contributed by atoms with Crippen LogP contribution in [-0.2, 0) is 0 Å². The molecule has 1 aliphatic carbocycles. The van der Waals surface area contributed by atoms with E-state index in [0.29, 0.717) is 30.5 Å². The maximum atomic E-state index is 5.89. The lowest BCUT2D eigenvalue weighted by atomic mass is 10.0. The average molecular weight is 285 g/mol. The molecule has 0 spiro atoms. The first-order valence-electron chi connectivity index (χ1n) is 7.00. The van der Waals surface area contributed by atoms with Crippen LogP contribution in [0.5, 0.6) is 6.01 Å². The molecule has 0 amide bonds. The van der Waals surface area contributed by atoms with Crippen molar-refractivity contribution in [1.29, 1.82) is 0 Å². The van der Waals surface area contributed by atoms with Crippen LogP contribution in [0.1, 0.15) is 46.0 Å². The van der Waals surface area contributed by atoms with Gasteiger partial charge in [-0.3, -0.25) is 0 Å². The van der Waals surface area contributed by atoms with Crippen molar-refractivity contribution in [3.8, 4) is 6.01 Å². The minimum atomic E-state index is 0.169. The highest BCUT2D eigenvalue weighted by atomic mass is 35.5. The van der Waals surface area contributed by atoms with Crippen molar-refractivity contribution in [2.45, 2.75) is 52.0 Å². The van der Waals surface area contributed by atoms with Gasteiger partial charge in [0.2, 0.25) is 11.2 Å². The van der Waals surface area contributed by atoms with Crippen molar-refractivity contribution in [2.75, 3.05) is 11.9 Å². The third-order valence-electron chi connectivity index (χ3n) is 3.49. The number of nitrogens with one attached hydrogen (secondary N) is 1. The third kappa shape index (κ3) is 4.20. The molecule has 6 heteroatoms. The van der Waals surface area contributed by atoms with Crippen LogP contribution in [0.15, 0.2) is 0 Å². The van der Waals surface area contributed by atoms with E-state index in [-0.39, 0.29) is 5.28 Å². The highest BCUT2D eigenvalue weighted by molar-refractivity contribution is 6.28. The van der Waals surface area contributed by atoms with Crippen molar-refractivity contribution in [1.82, 2.24) is 15.0 Å². The third-order valence-corrected chi connectivity index (χ3v) is 3.66. The Labute approximate surface area is 119 Å². The highest BCUT2D eigenvalue weighted by Crippen LogP contribution is 2.28. The summed E-state index contributed by atoms with van der Waals surface area (Å²) in [7, 11) is 0. The molecule has 106 valence electrons. The SMILES string of the molecule is CCCOc1nc(Cl)nc(NC(C)C2CCCC2)n1. The highest BCUT2D eigenvalue weighted by Gasteiger charge is 2.22. The number of halogens is 1. The smallest absolute Gasteiger partial charge is 0.322 e. The number of hydrogen-bond acceptors (Lipinski definition) is 5. The van der Waals surface area contributed by atoms with Crippen LogP contribution >= 0.6 is 11.6 Å². The van der Waals surface area contributed by atoms with Crippen LogP contribution in [0.4, 0.5) is 5.95 Å². The fraction of sp³-hybridized carbons (Fsp3) is 0.769. The van der Waals surface area contributed by atoms with Gasteiger partial charge in [0, 0.05) is 6.04 Å². The maximum absolute atomic E-state index is 5.89. The molecular weight excluding hydrogens is 264 g/mol. The van der Waals surface area contributed by atoms with E-state index in [2.05, 4.69) is 27.2 Å². The fourth-order valence-corrected chi connectivity index (χ4v) is 2.59. The monoisotopic (exact) mass is 284 g/mol.